The van der Waals surface area contributed by atoms with Crippen LogP contribution in [-0.4, -0.2) is 47.0 Å². The van der Waals surface area contributed by atoms with E-state index in [2.05, 4.69) is 23.6 Å². The third kappa shape index (κ3) is 3.99. The van der Waals surface area contributed by atoms with E-state index in [1.807, 2.05) is 0 Å². The number of hydrogen-bond donors (Lipinski definition) is 1. The molecule has 3 nitrogen and oxygen atoms in total. The quantitative estimate of drug-likeness (QED) is 0.818. The first-order valence-corrected chi connectivity index (χ1v) is 8.00. The number of rotatable bonds is 6. The lowest BCUT2D eigenvalue weighted by Crippen LogP contribution is -2.37. The normalized spacial score (nSPS) is 19.3. The summed E-state index contributed by atoms with van der Waals surface area (Å²) in [7, 11) is 0. The summed E-state index contributed by atoms with van der Waals surface area (Å²) in [5.41, 5.74) is 7.42. The Balaban J connectivity index is 2.06. The van der Waals surface area contributed by atoms with E-state index in [0.29, 0.717) is 17.6 Å². The molecule has 1 atom stereocenters. The molecule has 0 spiro atoms. The highest BCUT2D eigenvalue weighted by molar-refractivity contribution is 7.80. The van der Waals surface area contributed by atoms with Crippen LogP contribution in [0.25, 0.3) is 0 Å². The highest BCUT2D eigenvalue weighted by Crippen LogP contribution is 2.20. The number of hydrogen-bond acceptors (Lipinski definition) is 3. The topological polar surface area (TPSA) is 32.5 Å². The summed E-state index contributed by atoms with van der Waals surface area (Å²) in [6, 6.07) is 5.26. The molecule has 1 fully saturated rings. The highest BCUT2D eigenvalue weighted by Gasteiger charge is 2.26. The number of nitrogens with zero attached hydrogens (tertiary/aromatic N) is 2. The van der Waals surface area contributed by atoms with Gasteiger partial charge in [0, 0.05) is 31.2 Å². The maximum absolute atomic E-state index is 13.5. The maximum atomic E-state index is 13.5. The summed E-state index contributed by atoms with van der Waals surface area (Å²) in [5.74, 6) is -0.232. The van der Waals surface area contributed by atoms with Crippen LogP contribution in [0, 0.1) is 5.82 Å². The standard InChI is InChI=1S/C16H24FN3S/c1-3-20(4-2)14-7-8-19(11-14)10-12-9-13(17)5-6-15(12)16(18)21/h5-6,9,14H,3-4,7-8,10-11H2,1-2H3,(H2,18,21). The molecule has 0 bridgehead atoms. The first kappa shape index (κ1) is 16.3. The van der Waals surface area contributed by atoms with Crippen LogP contribution in [0.2, 0.25) is 0 Å². The van der Waals surface area contributed by atoms with Gasteiger partial charge in [-0.25, -0.2) is 4.39 Å². The van der Waals surface area contributed by atoms with Crippen molar-refractivity contribution in [3.8, 4) is 0 Å². The van der Waals surface area contributed by atoms with Crippen molar-refractivity contribution in [2.45, 2.75) is 32.9 Å². The minimum atomic E-state index is -0.232. The van der Waals surface area contributed by atoms with Crippen LogP contribution in [-0.2, 0) is 6.54 Å². The van der Waals surface area contributed by atoms with Crippen molar-refractivity contribution >= 4 is 17.2 Å². The van der Waals surface area contributed by atoms with Crippen molar-refractivity contribution in [3.05, 3.63) is 35.1 Å². The SMILES string of the molecule is CCN(CC)C1CCN(Cc2cc(F)ccc2C(N)=S)C1. The first-order chi connectivity index (χ1) is 10.0. The van der Waals surface area contributed by atoms with Gasteiger partial charge in [0.15, 0.2) is 0 Å². The Bertz CT molecular complexity index is 502. The average Bonchev–Trinajstić information content (AvgIpc) is 2.88. The monoisotopic (exact) mass is 309 g/mol. The van der Waals surface area contributed by atoms with Gasteiger partial charge in [-0.3, -0.25) is 9.80 Å². The fourth-order valence-electron chi connectivity index (χ4n) is 3.17. The maximum Gasteiger partial charge on any atom is 0.123 e. The van der Waals surface area contributed by atoms with E-state index in [0.717, 1.165) is 37.3 Å². The molecule has 5 heteroatoms. The molecule has 1 unspecified atom stereocenters. The predicted molar refractivity (Wildman–Crippen MR) is 88.9 cm³/mol. The zero-order valence-electron chi connectivity index (χ0n) is 12.8. The number of thiocarbonyl (C=S) groups is 1. The number of likely N-dealkylation sites (N-methyl/N-ethyl adjacent to an activating group) is 1. The van der Waals surface area contributed by atoms with Gasteiger partial charge in [0.05, 0.1) is 0 Å². The van der Waals surface area contributed by atoms with Gasteiger partial charge in [-0.2, -0.15) is 0 Å². The Morgan fingerprint density at radius 2 is 2.14 bits per heavy atom. The zero-order chi connectivity index (χ0) is 15.4. The fraction of sp³-hybridized carbons (Fsp3) is 0.562. The summed E-state index contributed by atoms with van der Waals surface area (Å²) in [6.07, 6.45) is 1.17. The van der Waals surface area contributed by atoms with Crippen molar-refractivity contribution in [3.63, 3.8) is 0 Å². The van der Waals surface area contributed by atoms with Crippen LogP contribution in [0.15, 0.2) is 18.2 Å². The van der Waals surface area contributed by atoms with Crippen LogP contribution in [0.3, 0.4) is 0 Å². The van der Waals surface area contributed by atoms with Crippen molar-refractivity contribution in [2.75, 3.05) is 26.2 Å². The summed E-state index contributed by atoms with van der Waals surface area (Å²) in [6.45, 7) is 9.32. The van der Waals surface area contributed by atoms with Crippen LogP contribution in [0.1, 0.15) is 31.4 Å². The second-order valence-corrected chi connectivity index (χ2v) is 6.00. The van der Waals surface area contributed by atoms with Crippen molar-refractivity contribution in [1.82, 2.24) is 9.80 Å². The molecule has 1 heterocycles. The molecule has 21 heavy (non-hydrogen) atoms. The average molecular weight is 309 g/mol. The lowest BCUT2D eigenvalue weighted by Gasteiger charge is -2.26. The van der Waals surface area contributed by atoms with Gasteiger partial charge in [-0.05, 0) is 43.3 Å². The van der Waals surface area contributed by atoms with Crippen LogP contribution >= 0.6 is 12.2 Å². The first-order valence-electron chi connectivity index (χ1n) is 7.59. The summed E-state index contributed by atoms with van der Waals surface area (Å²) < 4.78 is 13.5. The molecule has 0 aliphatic carbocycles. The van der Waals surface area contributed by atoms with Gasteiger partial charge in [0.2, 0.25) is 0 Å². The lowest BCUT2D eigenvalue weighted by molar-refractivity contribution is 0.209. The van der Waals surface area contributed by atoms with Crippen molar-refractivity contribution in [2.24, 2.45) is 5.73 Å². The third-order valence-electron chi connectivity index (χ3n) is 4.30. The Morgan fingerprint density at radius 1 is 1.43 bits per heavy atom. The molecule has 1 saturated heterocycles. The number of benzene rings is 1. The lowest BCUT2D eigenvalue weighted by atomic mass is 10.1. The van der Waals surface area contributed by atoms with E-state index in [1.165, 1.54) is 12.5 Å². The Labute approximate surface area is 131 Å². The fourth-order valence-corrected chi connectivity index (χ4v) is 3.37. The van der Waals surface area contributed by atoms with Crippen LogP contribution < -0.4 is 5.73 Å². The van der Waals surface area contributed by atoms with Crippen LogP contribution in [0.5, 0.6) is 0 Å². The van der Waals surface area contributed by atoms with Crippen molar-refractivity contribution < 1.29 is 4.39 Å². The molecular weight excluding hydrogens is 285 g/mol. The molecular formula is C16H24FN3S. The Morgan fingerprint density at radius 3 is 2.76 bits per heavy atom. The highest BCUT2D eigenvalue weighted by atomic mass is 32.1. The minimum Gasteiger partial charge on any atom is -0.389 e. The molecule has 116 valence electrons. The van der Waals surface area contributed by atoms with Crippen molar-refractivity contribution in [1.29, 1.82) is 0 Å². The number of halogens is 1. The molecule has 0 amide bonds. The Kier molecular flexibility index (Phi) is 5.67. The summed E-state index contributed by atoms with van der Waals surface area (Å²) in [5, 5.41) is 0. The Hall–Kier alpha value is -1.04. The molecule has 2 rings (SSSR count). The van der Waals surface area contributed by atoms with E-state index >= 15 is 0 Å². The summed E-state index contributed by atoms with van der Waals surface area (Å²) in [4.78, 5) is 5.18. The van der Waals surface area contributed by atoms with E-state index in [1.54, 1.807) is 12.1 Å². The van der Waals surface area contributed by atoms with E-state index in [-0.39, 0.29) is 5.82 Å². The summed E-state index contributed by atoms with van der Waals surface area (Å²) >= 11 is 5.06. The number of likely N-dealkylation sites (tertiary alicyclic amines) is 1. The molecule has 2 N–H and O–H groups in total. The number of nitrogens with two attached hydrogens (primary N) is 1. The molecule has 1 aliphatic heterocycles. The zero-order valence-corrected chi connectivity index (χ0v) is 13.6. The third-order valence-corrected chi connectivity index (χ3v) is 4.52. The van der Waals surface area contributed by atoms with Gasteiger partial charge in [0.25, 0.3) is 0 Å². The molecule has 0 aromatic heterocycles. The second kappa shape index (κ2) is 7.29. The van der Waals surface area contributed by atoms with Gasteiger partial charge in [-0.15, -0.1) is 0 Å². The van der Waals surface area contributed by atoms with Gasteiger partial charge in [0.1, 0.15) is 10.8 Å². The molecule has 0 saturated carbocycles. The predicted octanol–water partition coefficient (Wildman–Crippen LogP) is 2.38. The van der Waals surface area contributed by atoms with E-state index in [4.69, 9.17) is 18.0 Å². The minimum absolute atomic E-state index is 0.232. The largest absolute Gasteiger partial charge is 0.389 e. The van der Waals surface area contributed by atoms with Crippen LogP contribution in [0.4, 0.5) is 4.39 Å². The molecule has 0 radical (unpaired) electrons. The van der Waals surface area contributed by atoms with E-state index < -0.39 is 0 Å². The molecule has 1 aliphatic rings. The molecule has 1 aromatic rings. The molecule has 1 aromatic carbocycles. The van der Waals surface area contributed by atoms with Gasteiger partial charge >= 0.3 is 0 Å². The second-order valence-electron chi connectivity index (χ2n) is 5.56. The van der Waals surface area contributed by atoms with Gasteiger partial charge < -0.3 is 5.73 Å². The smallest absolute Gasteiger partial charge is 0.123 e. The van der Waals surface area contributed by atoms with Gasteiger partial charge in [-0.1, -0.05) is 26.1 Å². The van der Waals surface area contributed by atoms with E-state index in [9.17, 15) is 4.39 Å².